The van der Waals surface area contributed by atoms with Crippen LogP contribution in [0.15, 0.2) is 42.5 Å². The molecule has 2 aromatic rings. The van der Waals surface area contributed by atoms with Crippen LogP contribution in [0.1, 0.15) is 11.1 Å². The number of halogens is 2. The highest BCUT2D eigenvalue weighted by atomic mass is 35.5. The van der Waals surface area contributed by atoms with E-state index in [9.17, 15) is 4.39 Å². The Morgan fingerprint density at radius 2 is 1.95 bits per heavy atom. The van der Waals surface area contributed by atoms with E-state index in [1.54, 1.807) is 18.2 Å². The number of hydrogen-bond donors (Lipinski definition) is 1. The molecule has 2 aromatic carbocycles. The summed E-state index contributed by atoms with van der Waals surface area (Å²) in [5.74, 6) is -0.131. The van der Waals surface area contributed by atoms with Gasteiger partial charge in [0.15, 0.2) is 11.6 Å². The van der Waals surface area contributed by atoms with Gasteiger partial charge in [0, 0.05) is 5.02 Å². The molecule has 0 heterocycles. The molecule has 0 spiro atoms. The standard InChI is InChI=1S/C15H15ClFNO/c16-13-3-1-2-12(8-13)10-19-15-5-4-11(6-7-18)9-14(15)17/h1-5,8-9H,6-7,10,18H2. The van der Waals surface area contributed by atoms with Crippen LogP contribution >= 0.6 is 11.6 Å². The molecule has 4 heteroatoms. The monoisotopic (exact) mass is 279 g/mol. The lowest BCUT2D eigenvalue weighted by atomic mass is 10.1. The second-order valence-corrected chi connectivity index (χ2v) is 4.66. The SMILES string of the molecule is NCCc1ccc(OCc2cccc(Cl)c2)c(F)c1. The molecule has 0 aliphatic carbocycles. The van der Waals surface area contributed by atoms with Gasteiger partial charge in [-0.15, -0.1) is 0 Å². The minimum Gasteiger partial charge on any atom is -0.486 e. The Morgan fingerprint density at radius 1 is 1.11 bits per heavy atom. The van der Waals surface area contributed by atoms with E-state index in [1.165, 1.54) is 6.07 Å². The smallest absolute Gasteiger partial charge is 0.165 e. The van der Waals surface area contributed by atoms with Crippen molar-refractivity contribution < 1.29 is 9.13 Å². The van der Waals surface area contributed by atoms with Crippen molar-refractivity contribution in [3.05, 3.63) is 64.4 Å². The van der Waals surface area contributed by atoms with Gasteiger partial charge in [0.25, 0.3) is 0 Å². The van der Waals surface area contributed by atoms with Gasteiger partial charge in [-0.2, -0.15) is 0 Å². The van der Waals surface area contributed by atoms with E-state index in [1.807, 2.05) is 18.2 Å². The van der Waals surface area contributed by atoms with Gasteiger partial charge in [-0.05, 0) is 48.4 Å². The third kappa shape index (κ3) is 3.94. The maximum atomic E-state index is 13.8. The lowest BCUT2D eigenvalue weighted by Gasteiger charge is -2.09. The summed E-state index contributed by atoms with van der Waals surface area (Å²) >= 11 is 5.87. The average molecular weight is 280 g/mol. The third-order valence-corrected chi connectivity index (χ3v) is 2.95. The van der Waals surface area contributed by atoms with Crippen molar-refractivity contribution in [2.45, 2.75) is 13.0 Å². The first kappa shape index (κ1) is 13.8. The van der Waals surface area contributed by atoms with Crippen molar-refractivity contribution in [3.8, 4) is 5.75 Å². The minimum absolute atomic E-state index is 0.237. The van der Waals surface area contributed by atoms with Crippen molar-refractivity contribution in [3.63, 3.8) is 0 Å². The Balaban J connectivity index is 2.03. The van der Waals surface area contributed by atoms with Gasteiger partial charge in [-0.25, -0.2) is 4.39 Å². The number of benzene rings is 2. The zero-order chi connectivity index (χ0) is 13.7. The molecular weight excluding hydrogens is 265 g/mol. The molecule has 19 heavy (non-hydrogen) atoms. The van der Waals surface area contributed by atoms with Crippen LogP contribution in [0, 0.1) is 5.82 Å². The summed E-state index contributed by atoms with van der Waals surface area (Å²) in [5, 5.41) is 0.639. The highest BCUT2D eigenvalue weighted by Gasteiger charge is 2.05. The lowest BCUT2D eigenvalue weighted by Crippen LogP contribution is -2.03. The summed E-state index contributed by atoms with van der Waals surface area (Å²) in [6, 6.07) is 12.2. The van der Waals surface area contributed by atoms with E-state index in [0.29, 0.717) is 18.0 Å². The van der Waals surface area contributed by atoms with Crippen molar-refractivity contribution in [1.82, 2.24) is 0 Å². The van der Waals surface area contributed by atoms with Gasteiger partial charge < -0.3 is 10.5 Å². The molecule has 2 rings (SSSR count). The molecule has 0 atom stereocenters. The number of nitrogens with two attached hydrogens (primary N) is 1. The molecule has 100 valence electrons. The molecule has 0 fully saturated rings. The fourth-order valence-corrected chi connectivity index (χ4v) is 1.98. The molecule has 0 aliphatic rings. The lowest BCUT2D eigenvalue weighted by molar-refractivity contribution is 0.290. The zero-order valence-corrected chi connectivity index (χ0v) is 11.2. The summed E-state index contributed by atoms with van der Waals surface area (Å²) < 4.78 is 19.2. The summed E-state index contributed by atoms with van der Waals surface area (Å²) in [4.78, 5) is 0. The van der Waals surface area contributed by atoms with Gasteiger partial charge in [-0.3, -0.25) is 0 Å². The molecule has 0 saturated heterocycles. The molecular formula is C15H15ClFNO. The van der Waals surface area contributed by atoms with E-state index >= 15 is 0 Å². The highest BCUT2D eigenvalue weighted by molar-refractivity contribution is 6.30. The summed E-state index contributed by atoms with van der Waals surface area (Å²) in [5.41, 5.74) is 7.20. The highest BCUT2D eigenvalue weighted by Crippen LogP contribution is 2.20. The van der Waals surface area contributed by atoms with E-state index in [-0.39, 0.29) is 18.2 Å². The molecule has 0 bridgehead atoms. The first-order chi connectivity index (χ1) is 9.19. The van der Waals surface area contributed by atoms with Crippen LogP contribution in [0.2, 0.25) is 5.02 Å². The number of rotatable bonds is 5. The molecule has 0 aromatic heterocycles. The second-order valence-electron chi connectivity index (χ2n) is 4.22. The molecule has 0 radical (unpaired) electrons. The normalized spacial score (nSPS) is 10.5. The van der Waals surface area contributed by atoms with Gasteiger partial charge in [0.2, 0.25) is 0 Å². The Morgan fingerprint density at radius 3 is 2.63 bits per heavy atom. The van der Waals surface area contributed by atoms with Crippen LogP contribution < -0.4 is 10.5 Å². The van der Waals surface area contributed by atoms with E-state index in [0.717, 1.165) is 11.1 Å². The Hall–Kier alpha value is -1.58. The van der Waals surface area contributed by atoms with Crippen LogP contribution in [0.5, 0.6) is 5.75 Å². The first-order valence-electron chi connectivity index (χ1n) is 6.05. The molecule has 2 N–H and O–H groups in total. The predicted molar refractivity (Wildman–Crippen MR) is 74.9 cm³/mol. The second kappa shape index (κ2) is 6.55. The minimum atomic E-state index is -0.368. The van der Waals surface area contributed by atoms with E-state index in [2.05, 4.69) is 0 Å². The van der Waals surface area contributed by atoms with Gasteiger partial charge in [-0.1, -0.05) is 29.8 Å². The maximum Gasteiger partial charge on any atom is 0.165 e. The maximum absolute atomic E-state index is 13.8. The van der Waals surface area contributed by atoms with Gasteiger partial charge >= 0.3 is 0 Å². The number of hydrogen-bond acceptors (Lipinski definition) is 2. The van der Waals surface area contributed by atoms with Crippen LogP contribution in [0.4, 0.5) is 4.39 Å². The Labute approximate surface area is 117 Å². The number of ether oxygens (including phenoxy) is 1. The quantitative estimate of drug-likeness (QED) is 0.908. The average Bonchev–Trinajstić information content (AvgIpc) is 2.38. The van der Waals surface area contributed by atoms with E-state index < -0.39 is 0 Å². The topological polar surface area (TPSA) is 35.2 Å². The summed E-state index contributed by atoms with van der Waals surface area (Å²) in [6.45, 7) is 0.788. The Bertz CT molecular complexity index is 560. The summed E-state index contributed by atoms with van der Waals surface area (Å²) in [7, 11) is 0. The fourth-order valence-electron chi connectivity index (χ4n) is 1.77. The molecule has 0 aliphatic heterocycles. The Kier molecular flexibility index (Phi) is 4.77. The van der Waals surface area contributed by atoms with Gasteiger partial charge in [0.1, 0.15) is 6.61 Å². The van der Waals surface area contributed by atoms with Gasteiger partial charge in [0.05, 0.1) is 0 Å². The van der Waals surface area contributed by atoms with Crippen LogP contribution in [0.25, 0.3) is 0 Å². The molecule has 0 saturated carbocycles. The van der Waals surface area contributed by atoms with Crippen LogP contribution in [-0.2, 0) is 13.0 Å². The predicted octanol–water partition coefficient (Wildman–Crippen LogP) is 3.56. The largest absolute Gasteiger partial charge is 0.486 e. The molecule has 0 amide bonds. The fraction of sp³-hybridized carbons (Fsp3) is 0.200. The molecule has 0 unspecified atom stereocenters. The van der Waals surface area contributed by atoms with Crippen LogP contribution in [0.3, 0.4) is 0 Å². The zero-order valence-electron chi connectivity index (χ0n) is 10.4. The van der Waals surface area contributed by atoms with Crippen molar-refractivity contribution in [2.24, 2.45) is 5.73 Å². The molecule has 2 nitrogen and oxygen atoms in total. The van der Waals surface area contributed by atoms with Crippen molar-refractivity contribution >= 4 is 11.6 Å². The third-order valence-electron chi connectivity index (χ3n) is 2.71. The van der Waals surface area contributed by atoms with Crippen molar-refractivity contribution in [1.29, 1.82) is 0 Å². The van der Waals surface area contributed by atoms with E-state index in [4.69, 9.17) is 22.1 Å². The first-order valence-corrected chi connectivity index (χ1v) is 6.42. The summed E-state index contributed by atoms with van der Waals surface area (Å²) in [6.07, 6.45) is 0.658. The van der Waals surface area contributed by atoms with Crippen LogP contribution in [-0.4, -0.2) is 6.54 Å². The van der Waals surface area contributed by atoms with Crippen molar-refractivity contribution in [2.75, 3.05) is 6.54 Å².